The lowest BCUT2D eigenvalue weighted by Crippen LogP contribution is -2.43. The molecule has 0 amide bonds. The average molecular weight is 263 g/mol. The highest BCUT2D eigenvalue weighted by atomic mass is 19.1. The van der Waals surface area contributed by atoms with Gasteiger partial charge in [0.05, 0.1) is 6.04 Å². The molecule has 1 atom stereocenters. The lowest BCUT2D eigenvalue weighted by Gasteiger charge is -2.35. The third-order valence-electron chi connectivity index (χ3n) is 4.28. The summed E-state index contributed by atoms with van der Waals surface area (Å²) in [5.74, 6) is 0.604. The van der Waals surface area contributed by atoms with Gasteiger partial charge in [-0.3, -0.25) is 9.69 Å². The summed E-state index contributed by atoms with van der Waals surface area (Å²) >= 11 is 0. The van der Waals surface area contributed by atoms with Crippen LogP contribution in [0.2, 0.25) is 0 Å². The minimum atomic E-state index is -0.298. The van der Waals surface area contributed by atoms with Gasteiger partial charge in [0.15, 0.2) is 5.78 Å². The van der Waals surface area contributed by atoms with Crippen LogP contribution in [0.3, 0.4) is 0 Å². The Balaban J connectivity index is 1.98. The smallest absolute Gasteiger partial charge is 0.179 e. The summed E-state index contributed by atoms with van der Waals surface area (Å²) < 4.78 is 12.9. The summed E-state index contributed by atoms with van der Waals surface area (Å²) in [5, 5.41) is 0. The number of halogens is 1. The number of hydrogen-bond acceptors (Lipinski definition) is 2. The first-order chi connectivity index (χ1) is 9.11. The van der Waals surface area contributed by atoms with E-state index in [4.69, 9.17) is 0 Å². The first kappa shape index (κ1) is 14.2. The van der Waals surface area contributed by atoms with E-state index in [9.17, 15) is 9.18 Å². The van der Waals surface area contributed by atoms with Gasteiger partial charge in [-0.25, -0.2) is 4.39 Å². The third kappa shape index (κ3) is 3.41. The molecule has 19 heavy (non-hydrogen) atoms. The van der Waals surface area contributed by atoms with Crippen molar-refractivity contribution in [3.8, 4) is 0 Å². The number of carbonyl (C=O) groups is 1. The molecule has 1 saturated heterocycles. The first-order valence-electron chi connectivity index (χ1n) is 7.15. The number of hydrogen-bond donors (Lipinski definition) is 0. The van der Waals surface area contributed by atoms with Gasteiger partial charge in [0, 0.05) is 5.56 Å². The van der Waals surface area contributed by atoms with Crippen molar-refractivity contribution in [3.05, 3.63) is 35.6 Å². The Bertz CT molecular complexity index is 421. The van der Waals surface area contributed by atoms with Gasteiger partial charge >= 0.3 is 0 Å². The molecule has 0 aliphatic carbocycles. The van der Waals surface area contributed by atoms with Crippen molar-refractivity contribution in [2.45, 2.75) is 39.2 Å². The number of nitrogens with zero attached hydrogens (tertiary/aromatic N) is 1. The molecule has 0 aromatic heterocycles. The Morgan fingerprint density at radius 1 is 1.32 bits per heavy atom. The van der Waals surface area contributed by atoms with Crippen LogP contribution in [-0.2, 0) is 0 Å². The van der Waals surface area contributed by atoms with Crippen molar-refractivity contribution in [1.29, 1.82) is 0 Å². The predicted octanol–water partition coefficient (Wildman–Crippen LogP) is 3.52. The number of benzene rings is 1. The molecule has 1 aromatic rings. The van der Waals surface area contributed by atoms with E-state index in [2.05, 4.69) is 11.8 Å². The minimum absolute atomic E-state index is 0.0925. The number of likely N-dealkylation sites (tertiary alicyclic amines) is 1. The summed E-state index contributed by atoms with van der Waals surface area (Å²) in [5.41, 5.74) is 0.603. The topological polar surface area (TPSA) is 20.3 Å². The highest BCUT2D eigenvalue weighted by Gasteiger charge is 2.26. The largest absolute Gasteiger partial charge is 0.293 e. The Labute approximate surface area is 114 Å². The molecular weight excluding hydrogens is 241 g/mol. The molecule has 2 nitrogen and oxygen atoms in total. The maximum Gasteiger partial charge on any atom is 0.179 e. The van der Waals surface area contributed by atoms with E-state index in [-0.39, 0.29) is 17.6 Å². The number of carbonyl (C=O) groups excluding carboxylic acids is 1. The fourth-order valence-corrected chi connectivity index (χ4v) is 2.77. The molecule has 0 spiro atoms. The van der Waals surface area contributed by atoms with Crippen LogP contribution in [0.1, 0.15) is 43.5 Å². The zero-order chi connectivity index (χ0) is 13.8. The zero-order valence-electron chi connectivity index (χ0n) is 11.7. The van der Waals surface area contributed by atoms with Crippen LogP contribution in [0.5, 0.6) is 0 Å². The van der Waals surface area contributed by atoms with Crippen molar-refractivity contribution in [1.82, 2.24) is 4.90 Å². The summed E-state index contributed by atoms with van der Waals surface area (Å²) in [6, 6.07) is 5.75. The summed E-state index contributed by atoms with van der Waals surface area (Å²) in [6.45, 7) is 6.17. The van der Waals surface area contributed by atoms with E-state index in [1.165, 1.54) is 31.4 Å². The van der Waals surface area contributed by atoms with E-state index in [0.717, 1.165) is 19.0 Å². The molecule has 0 bridgehead atoms. The first-order valence-corrected chi connectivity index (χ1v) is 7.15. The van der Waals surface area contributed by atoms with E-state index in [1.807, 2.05) is 6.92 Å². The Morgan fingerprint density at radius 3 is 2.42 bits per heavy atom. The molecule has 0 radical (unpaired) electrons. The van der Waals surface area contributed by atoms with Gasteiger partial charge in [0.25, 0.3) is 0 Å². The van der Waals surface area contributed by atoms with Gasteiger partial charge in [-0.1, -0.05) is 13.3 Å². The number of rotatable bonds is 4. The normalized spacial score (nSPS) is 19.3. The fourth-order valence-electron chi connectivity index (χ4n) is 2.77. The van der Waals surface area contributed by atoms with Crippen LogP contribution >= 0.6 is 0 Å². The minimum Gasteiger partial charge on any atom is -0.293 e. The molecule has 1 heterocycles. The van der Waals surface area contributed by atoms with Gasteiger partial charge < -0.3 is 0 Å². The zero-order valence-corrected chi connectivity index (χ0v) is 11.7. The van der Waals surface area contributed by atoms with Crippen LogP contribution in [-0.4, -0.2) is 29.8 Å². The SMILES string of the molecule is CCC1CCN(C(C)C(=O)c2ccc(F)cc2)CC1. The van der Waals surface area contributed by atoms with E-state index in [1.54, 1.807) is 12.1 Å². The van der Waals surface area contributed by atoms with E-state index >= 15 is 0 Å². The Morgan fingerprint density at radius 2 is 1.89 bits per heavy atom. The maximum atomic E-state index is 12.9. The molecule has 2 rings (SSSR count). The van der Waals surface area contributed by atoms with Gasteiger partial charge in [-0.15, -0.1) is 0 Å². The van der Waals surface area contributed by atoms with Crippen molar-refractivity contribution in [3.63, 3.8) is 0 Å². The summed E-state index contributed by atoms with van der Waals surface area (Å²) in [4.78, 5) is 14.6. The standard InChI is InChI=1S/C16H22FNO/c1-3-13-8-10-18(11-9-13)12(2)16(19)14-4-6-15(17)7-5-14/h4-7,12-13H,3,8-11H2,1-2H3. The summed E-state index contributed by atoms with van der Waals surface area (Å²) in [6.07, 6.45) is 3.59. The van der Waals surface area contributed by atoms with Crippen LogP contribution in [0.4, 0.5) is 4.39 Å². The quantitative estimate of drug-likeness (QED) is 0.775. The fraction of sp³-hybridized carbons (Fsp3) is 0.562. The van der Waals surface area contributed by atoms with Crippen LogP contribution in [0.15, 0.2) is 24.3 Å². The molecule has 104 valence electrons. The molecule has 1 unspecified atom stereocenters. The summed E-state index contributed by atoms with van der Waals surface area (Å²) in [7, 11) is 0. The number of ketones is 1. The van der Waals surface area contributed by atoms with E-state index < -0.39 is 0 Å². The van der Waals surface area contributed by atoms with Gasteiger partial charge in [-0.2, -0.15) is 0 Å². The molecular formula is C16H22FNO. The highest BCUT2D eigenvalue weighted by molar-refractivity contribution is 5.99. The second kappa shape index (κ2) is 6.29. The molecule has 0 saturated carbocycles. The van der Waals surface area contributed by atoms with Crippen molar-refractivity contribution in [2.24, 2.45) is 5.92 Å². The monoisotopic (exact) mass is 263 g/mol. The Kier molecular flexibility index (Phi) is 4.70. The van der Waals surface area contributed by atoms with Crippen molar-refractivity contribution >= 4 is 5.78 Å². The molecule has 1 aliphatic heterocycles. The maximum absolute atomic E-state index is 12.9. The van der Waals surface area contributed by atoms with Gasteiger partial charge in [0.1, 0.15) is 5.82 Å². The number of piperidine rings is 1. The van der Waals surface area contributed by atoms with Crippen LogP contribution < -0.4 is 0 Å². The number of Topliss-reactive ketones (excluding diaryl/α,β-unsaturated/α-hetero) is 1. The predicted molar refractivity (Wildman–Crippen MR) is 74.8 cm³/mol. The van der Waals surface area contributed by atoms with Gasteiger partial charge in [-0.05, 0) is 63.0 Å². The van der Waals surface area contributed by atoms with Crippen molar-refractivity contribution < 1.29 is 9.18 Å². The highest BCUT2D eigenvalue weighted by Crippen LogP contribution is 2.22. The lowest BCUT2D eigenvalue weighted by molar-refractivity contribution is 0.0769. The molecule has 1 aliphatic rings. The van der Waals surface area contributed by atoms with Crippen molar-refractivity contribution in [2.75, 3.05) is 13.1 Å². The third-order valence-corrected chi connectivity index (χ3v) is 4.28. The van der Waals surface area contributed by atoms with Gasteiger partial charge in [0.2, 0.25) is 0 Å². The molecule has 0 N–H and O–H groups in total. The molecule has 1 fully saturated rings. The lowest BCUT2D eigenvalue weighted by atomic mass is 9.92. The average Bonchev–Trinajstić information content (AvgIpc) is 2.46. The Hall–Kier alpha value is -1.22. The second-order valence-electron chi connectivity index (χ2n) is 5.43. The molecule has 1 aromatic carbocycles. The van der Waals surface area contributed by atoms with Crippen LogP contribution in [0, 0.1) is 11.7 Å². The van der Waals surface area contributed by atoms with E-state index in [0.29, 0.717) is 5.56 Å². The molecule has 3 heteroatoms. The second-order valence-corrected chi connectivity index (χ2v) is 5.43. The van der Waals surface area contributed by atoms with Crippen LogP contribution in [0.25, 0.3) is 0 Å².